The van der Waals surface area contributed by atoms with E-state index in [2.05, 4.69) is 27.9 Å². The molecule has 0 saturated heterocycles. The SMILES string of the molecule is Cc1cnc(CC=CN=C(S)NC#N)s1. The molecule has 1 aromatic heterocycles. The highest BCUT2D eigenvalue weighted by molar-refractivity contribution is 7.96. The van der Waals surface area contributed by atoms with E-state index in [4.69, 9.17) is 5.26 Å². The Morgan fingerprint density at radius 2 is 2.67 bits per heavy atom. The maximum absolute atomic E-state index is 8.25. The van der Waals surface area contributed by atoms with E-state index >= 15 is 0 Å². The van der Waals surface area contributed by atoms with Gasteiger partial charge in [0.1, 0.15) is 0 Å². The van der Waals surface area contributed by atoms with Crippen LogP contribution in [0.5, 0.6) is 0 Å². The molecule has 0 bridgehead atoms. The number of nitrogens with one attached hydrogen (secondary N) is 1. The third kappa shape index (κ3) is 4.63. The molecule has 0 saturated carbocycles. The predicted octanol–water partition coefficient (Wildman–Crippen LogP) is 1.86. The summed E-state index contributed by atoms with van der Waals surface area (Å²) in [6, 6.07) is 0. The van der Waals surface area contributed by atoms with Crippen molar-refractivity contribution in [1.29, 1.82) is 5.26 Å². The van der Waals surface area contributed by atoms with E-state index in [1.54, 1.807) is 23.7 Å². The van der Waals surface area contributed by atoms with Gasteiger partial charge in [0.2, 0.25) is 0 Å². The van der Waals surface area contributed by atoms with Crippen molar-refractivity contribution < 1.29 is 0 Å². The second-order valence-electron chi connectivity index (χ2n) is 2.64. The number of aromatic nitrogens is 1. The van der Waals surface area contributed by atoms with Gasteiger partial charge in [-0.2, -0.15) is 5.26 Å². The van der Waals surface area contributed by atoms with E-state index in [0.29, 0.717) is 0 Å². The Hall–Kier alpha value is -1.32. The Morgan fingerprint density at radius 3 is 3.27 bits per heavy atom. The molecule has 0 aromatic carbocycles. The summed E-state index contributed by atoms with van der Waals surface area (Å²) in [4.78, 5) is 9.28. The molecule has 0 aliphatic rings. The van der Waals surface area contributed by atoms with Crippen LogP contribution in [0.15, 0.2) is 23.5 Å². The normalized spacial score (nSPS) is 11.7. The van der Waals surface area contributed by atoms with E-state index in [1.165, 1.54) is 4.88 Å². The van der Waals surface area contributed by atoms with Crippen molar-refractivity contribution in [1.82, 2.24) is 10.3 Å². The minimum atomic E-state index is 0.282. The van der Waals surface area contributed by atoms with Crippen LogP contribution < -0.4 is 5.32 Å². The van der Waals surface area contributed by atoms with Gasteiger partial charge >= 0.3 is 0 Å². The molecule has 78 valence electrons. The summed E-state index contributed by atoms with van der Waals surface area (Å²) in [6.07, 6.45) is 7.79. The van der Waals surface area contributed by atoms with Gasteiger partial charge in [-0.05, 0) is 6.92 Å². The summed E-state index contributed by atoms with van der Waals surface area (Å²) in [6.45, 7) is 2.02. The first-order chi connectivity index (χ1) is 7.22. The molecule has 15 heavy (non-hydrogen) atoms. The molecule has 0 radical (unpaired) electrons. The molecule has 1 heterocycles. The Labute approximate surface area is 97.8 Å². The van der Waals surface area contributed by atoms with E-state index in [0.717, 1.165) is 11.4 Å². The molecular weight excluding hydrogens is 228 g/mol. The molecule has 0 amide bonds. The molecule has 4 nitrogen and oxygen atoms in total. The van der Waals surface area contributed by atoms with Gasteiger partial charge in [0.05, 0.1) is 5.01 Å². The molecule has 0 unspecified atom stereocenters. The number of rotatable bonds is 3. The van der Waals surface area contributed by atoms with Crippen LogP contribution in [0.4, 0.5) is 0 Å². The zero-order valence-electron chi connectivity index (χ0n) is 8.14. The molecular formula is C9H10N4S2. The fourth-order valence-electron chi connectivity index (χ4n) is 0.855. The maximum atomic E-state index is 8.25. The van der Waals surface area contributed by atoms with Crippen molar-refractivity contribution in [3.8, 4) is 6.19 Å². The number of hydrogen-bond acceptors (Lipinski definition) is 4. The fourth-order valence-corrected chi connectivity index (χ4v) is 1.73. The number of amidine groups is 1. The Bertz CT molecular complexity index is 414. The smallest absolute Gasteiger partial charge is 0.183 e. The van der Waals surface area contributed by atoms with E-state index in [9.17, 15) is 0 Å². The van der Waals surface area contributed by atoms with Gasteiger partial charge < -0.3 is 0 Å². The lowest BCUT2D eigenvalue weighted by atomic mass is 10.4. The Kier molecular flexibility index (Phi) is 4.87. The Morgan fingerprint density at radius 1 is 1.87 bits per heavy atom. The number of hydrogen-bond donors (Lipinski definition) is 2. The van der Waals surface area contributed by atoms with Crippen LogP contribution in [0.1, 0.15) is 9.88 Å². The molecule has 1 N–H and O–H groups in total. The van der Waals surface area contributed by atoms with Gasteiger partial charge in [-0.3, -0.25) is 5.32 Å². The first-order valence-corrected chi connectivity index (χ1v) is 5.47. The second kappa shape index (κ2) is 6.22. The zero-order chi connectivity index (χ0) is 11.1. The van der Waals surface area contributed by atoms with Crippen LogP contribution in [0.2, 0.25) is 0 Å². The van der Waals surface area contributed by atoms with Crippen molar-refractivity contribution in [3.05, 3.63) is 28.4 Å². The number of thiazole rings is 1. The molecule has 0 spiro atoms. The summed E-state index contributed by atoms with van der Waals surface area (Å²) >= 11 is 5.59. The average molecular weight is 238 g/mol. The summed E-state index contributed by atoms with van der Waals surface area (Å²) in [7, 11) is 0. The van der Waals surface area contributed by atoms with Gasteiger partial charge in [0.25, 0.3) is 0 Å². The number of aryl methyl sites for hydroxylation is 1. The minimum Gasteiger partial charge on any atom is -0.272 e. The highest BCUT2D eigenvalue weighted by atomic mass is 32.1. The van der Waals surface area contributed by atoms with E-state index < -0.39 is 0 Å². The number of nitriles is 1. The number of aliphatic imine (C=N–C) groups is 1. The van der Waals surface area contributed by atoms with Gasteiger partial charge in [-0.25, -0.2) is 9.98 Å². The number of allylic oxidation sites excluding steroid dienone is 1. The van der Waals surface area contributed by atoms with Crippen LogP contribution in [0, 0.1) is 18.4 Å². The minimum absolute atomic E-state index is 0.282. The standard InChI is InChI=1S/C9H10N4S2/c1-7-5-12-8(15-7)3-2-4-11-9(14)13-6-10/h2,4-5H,3H2,1H3,(H2,11,13,14). The zero-order valence-corrected chi connectivity index (χ0v) is 9.85. The Balaban J connectivity index is 2.41. The maximum Gasteiger partial charge on any atom is 0.183 e. The van der Waals surface area contributed by atoms with Crippen molar-refractivity contribution in [2.24, 2.45) is 4.99 Å². The molecule has 0 aliphatic heterocycles. The van der Waals surface area contributed by atoms with Crippen LogP contribution >= 0.6 is 24.0 Å². The second-order valence-corrected chi connectivity index (χ2v) is 4.39. The highest BCUT2D eigenvalue weighted by Crippen LogP contribution is 2.11. The van der Waals surface area contributed by atoms with Gasteiger partial charge in [-0.15, -0.1) is 24.0 Å². The monoisotopic (exact) mass is 238 g/mol. The van der Waals surface area contributed by atoms with Gasteiger partial charge in [0, 0.05) is 23.7 Å². The highest BCUT2D eigenvalue weighted by Gasteiger charge is 1.94. The van der Waals surface area contributed by atoms with Crippen LogP contribution in [0.3, 0.4) is 0 Å². The molecule has 0 atom stereocenters. The molecule has 1 aromatic rings. The largest absolute Gasteiger partial charge is 0.272 e. The van der Waals surface area contributed by atoms with Crippen LogP contribution in [-0.2, 0) is 6.42 Å². The lowest BCUT2D eigenvalue weighted by Gasteiger charge is -1.89. The van der Waals surface area contributed by atoms with Crippen molar-refractivity contribution in [2.45, 2.75) is 13.3 Å². The first-order valence-electron chi connectivity index (χ1n) is 4.20. The summed E-state index contributed by atoms with van der Waals surface area (Å²) in [5, 5.41) is 11.9. The lowest BCUT2D eigenvalue weighted by molar-refractivity contribution is 1.17. The molecule has 0 aliphatic carbocycles. The first kappa shape index (κ1) is 11.8. The summed E-state index contributed by atoms with van der Waals surface area (Å²) in [5.74, 6) is 0. The molecule has 1 rings (SSSR count). The van der Waals surface area contributed by atoms with Crippen LogP contribution in [0.25, 0.3) is 0 Å². The third-order valence-electron chi connectivity index (χ3n) is 1.43. The molecule has 0 fully saturated rings. The predicted molar refractivity (Wildman–Crippen MR) is 64.9 cm³/mol. The topological polar surface area (TPSA) is 61.1 Å². The van der Waals surface area contributed by atoms with Crippen molar-refractivity contribution in [2.75, 3.05) is 0 Å². The summed E-state index contributed by atoms with van der Waals surface area (Å²) < 4.78 is 0. The van der Waals surface area contributed by atoms with Gasteiger partial charge in [0.15, 0.2) is 11.4 Å². The third-order valence-corrected chi connectivity index (χ3v) is 2.59. The molecule has 6 heteroatoms. The van der Waals surface area contributed by atoms with Crippen LogP contribution in [-0.4, -0.2) is 10.2 Å². The average Bonchev–Trinajstić information content (AvgIpc) is 2.60. The van der Waals surface area contributed by atoms with Gasteiger partial charge in [-0.1, -0.05) is 6.08 Å². The quantitative estimate of drug-likeness (QED) is 0.278. The van der Waals surface area contributed by atoms with Crippen molar-refractivity contribution >= 4 is 29.1 Å². The fraction of sp³-hybridized carbons (Fsp3) is 0.222. The number of nitrogens with zero attached hydrogens (tertiary/aromatic N) is 3. The summed E-state index contributed by atoms with van der Waals surface area (Å²) in [5.41, 5.74) is 0. The van der Waals surface area contributed by atoms with E-state index in [-0.39, 0.29) is 5.17 Å². The van der Waals surface area contributed by atoms with E-state index in [1.807, 2.05) is 19.2 Å². The van der Waals surface area contributed by atoms with Crippen molar-refractivity contribution in [3.63, 3.8) is 0 Å². The lowest BCUT2D eigenvalue weighted by Crippen LogP contribution is -2.09. The number of thiol groups is 1.